The smallest absolute Gasteiger partial charge is 0.246 e. The van der Waals surface area contributed by atoms with Gasteiger partial charge in [0.1, 0.15) is 10.7 Å². The van der Waals surface area contributed by atoms with Crippen LogP contribution in [0.3, 0.4) is 0 Å². The second-order valence-electron chi connectivity index (χ2n) is 4.89. The molecule has 2 rings (SSSR count). The molecule has 2 unspecified atom stereocenters. The summed E-state index contributed by atoms with van der Waals surface area (Å²) >= 11 is 0. The van der Waals surface area contributed by atoms with Crippen LogP contribution in [0.25, 0.3) is 0 Å². The Balaban J connectivity index is 2.38. The molecule has 20 heavy (non-hydrogen) atoms. The van der Waals surface area contributed by atoms with Crippen molar-refractivity contribution in [2.75, 3.05) is 13.1 Å². The van der Waals surface area contributed by atoms with Gasteiger partial charge in [0.15, 0.2) is 11.6 Å². The number of hydrogen-bond donors (Lipinski definition) is 1. The molecule has 1 saturated heterocycles. The van der Waals surface area contributed by atoms with Gasteiger partial charge in [0, 0.05) is 19.2 Å². The highest BCUT2D eigenvalue weighted by molar-refractivity contribution is 7.89. The second-order valence-corrected chi connectivity index (χ2v) is 6.80. The summed E-state index contributed by atoms with van der Waals surface area (Å²) in [5.41, 5.74) is 0. The van der Waals surface area contributed by atoms with Gasteiger partial charge in [-0.3, -0.25) is 0 Å². The van der Waals surface area contributed by atoms with Crippen molar-refractivity contribution in [2.45, 2.75) is 24.3 Å². The van der Waals surface area contributed by atoms with E-state index < -0.39 is 38.5 Å². The summed E-state index contributed by atoms with van der Waals surface area (Å²) in [7, 11) is -4.30. The van der Waals surface area contributed by atoms with Crippen molar-refractivity contribution in [1.82, 2.24) is 4.31 Å². The van der Waals surface area contributed by atoms with Gasteiger partial charge in [-0.1, -0.05) is 6.92 Å². The molecule has 0 spiro atoms. The minimum absolute atomic E-state index is 0.0729. The summed E-state index contributed by atoms with van der Waals surface area (Å²) in [6.45, 7) is 1.67. The van der Waals surface area contributed by atoms with Crippen LogP contribution >= 0.6 is 0 Å². The van der Waals surface area contributed by atoms with Gasteiger partial charge in [-0.25, -0.2) is 21.6 Å². The van der Waals surface area contributed by atoms with Crippen LogP contribution in [0, 0.1) is 23.4 Å². The van der Waals surface area contributed by atoms with Crippen molar-refractivity contribution in [2.24, 2.45) is 5.92 Å². The van der Waals surface area contributed by atoms with Crippen molar-refractivity contribution in [3.63, 3.8) is 0 Å². The minimum atomic E-state index is -4.30. The van der Waals surface area contributed by atoms with Crippen molar-refractivity contribution >= 4 is 10.0 Å². The average Bonchev–Trinajstić information content (AvgIpc) is 2.36. The Kier molecular flexibility index (Phi) is 4.08. The van der Waals surface area contributed by atoms with E-state index in [2.05, 4.69) is 0 Å². The van der Waals surface area contributed by atoms with E-state index in [1.54, 1.807) is 6.92 Å². The summed E-state index contributed by atoms with van der Waals surface area (Å²) in [6, 6.07) is 0.523. The number of benzene rings is 1. The van der Waals surface area contributed by atoms with Crippen molar-refractivity contribution in [3.05, 3.63) is 29.6 Å². The molecule has 112 valence electrons. The van der Waals surface area contributed by atoms with Crippen LogP contribution in [-0.4, -0.2) is 37.0 Å². The molecule has 0 aliphatic carbocycles. The number of aliphatic hydroxyl groups is 1. The van der Waals surface area contributed by atoms with E-state index in [9.17, 15) is 26.7 Å². The summed E-state index contributed by atoms with van der Waals surface area (Å²) in [4.78, 5) is -0.918. The molecule has 2 atom stereocenters. The topological polar surface area (TPSA) is 57.6 Å². The van der Waals surface area contributed by atoms with Crippen molar-refractivity contribution in [1.29, 1.82) is 0 Å². The number of nitrogens with zero attached hydrogens (tertiary/aromatic N) is 1. The highest BCUT2D eigenvalue weighted by atomic mass is 32.2. The minimum Gasteiger partial charge on any atom is -0.391 e. The van der Waals surface area contributed by atoms with Gasteiger partial charge in [-0.2, -0.15) is 4.31 Å². The van der Waals surface area contributed by atoms with Gasteiger partial charge in [0.25, 0.3) is 0 Å². The molecule has 4 nitrogen and oxygen atoms in total. The van der Waals surface area contributed by atoms with E-state index in [-0.39, 0.29) is 25.1 Å². The number of piperidine rings is 1. The molecule has 0 bridgehead atoms. The predicted octanol–water partition coefficient (Wildman–Crippen LogP) is 1.50. The van der Waals surface area contributed by atoms with Crippen LogP contribution in [0.1, 0.15) is 13.3 Å². The lowest BCUT2D eigenvalue weighted by atomic mass is 9.98. The molecule has 1 aliphatic heterocycles. The summed E-state index contributed by atoms with van der Waals surface area (Å²) < 4.78 is 64.8. The van der Waals surface area contributed by atoms with E-state index in [0.717, 1.165) is 4.31 Å². The fraction of sp³-hybridized carbons (Fsp3) is 0.500. The lowest BCUT2D eigenvalue weighted by molar-refractivity contribution is 0.0604. The number of rotatable bonds is 2. The molecule has 1 fully saturated rings. The zero-order valence-corrected chi connectivity index (χ0v) is 11.5. The van der Waals surface area contributed by atoms with E-state index in [4.69, 9.17) is 0 Å². The maximum Gasteiger partial charge on any atom is 0.246 e. The molecule has 0 saturated carbocycles. The Bertz CT molecular complexity index is 621. The lowest BCUT2D eigenvalue weighted by Crippen LogP contribution is -2.45. The maximum atomic E-state index is 13.6. The third-order valence-electron chi connectivity index (χ3n) is 3.47. The van der Waals surface area contributed by atoms with Gasteiger partial charge < -0.3 is 5.11 Å². The SMILES string of the molecule is CC1CCN(S(=O)(=O)c2cc(F)c(F)cc2F)CC1O. The zero-order valence-electron chi connectivity index (χ0n) is 10.7. The monoisotopic (exact) mass is 309 g/mol. The third-order valence-corrected chi connectivity index (χ3v) is 5.35. The first-order chi connectivity index (χ1) is 9.23. The van der Waals surface area contributed by atoms with Crippen LogP contribution in [0.15, 0.2) is 17.0 Å². The van der Waals surface area contributed by atoms with Gasteiger partial charge in [0.05, 0.1) is 6.10 Å². The molecule has 1 aromatic carbocycles. The number of halogens is 3. The first-order valence-corrected chi connectivity index (χ1v) is 7.50. The number of β-amino-alcohol motifs (C(OH)–C–C–N with tert-alkyl or cyclic N) is 1. The Hall–Kier alpha value is -1.12. The van der Waals surface area contributed by atoms with E-state index in [1.165, 1.54) is 0 Å². The van der Waals surface area contributed by atoms with Gasteiger partial charge in [-0.15, -0.1) is 0 Å². The molecular formula is C12H14F3NO3S. The van der Waals surface area contributed by atoms with E-state index in [0.29, 0.717) is 12.5 Å². The molecule has 1 heterocycles. The maximum absolute atomic E-state index is 13.6. The summed E-state index contributed by atoms with van der Waals surface area (Å²) in [5.74, 6) is -4.31. The molecule has 0 aromatic heterocycles. The molecular weight excluding hydrogens is 295 g/mol. The van der Waals surface area contributed by atoms with Crippen LogP contribution in [0.5, 0.6) is 0 Å². The number of aliphatic hydroxyl groups excluding tert-OH is 1. The molecule has 0 amide bonds. The highest BCUT2D eigenvalue weighted by Crippen LogP contribution is 2.26. The van der Waals surface area contributed by atoms with Crippen LogP contribution in [0.2, 0.25) is 0 Å². The van der Waals surface area contributed by atoms with Crippen LogP contribution in [0.4, 0.5) is 13.2 Å². The lowest BCUT2D eigenvalue weighted by Gasteiger charge is -2.33. The molecule has 0 radical (unpaired) electrons. The third kappa shape index (κ3) is 2.68. The molecule has 1 aliphatic rings. The quantitative estimate of drug-likeness (QED) is 0.842. The molecule has 8 heteroatoms. The summed E-state index contributed by atoms with van der Waals surface area (Å²) in [6.07, 6.45) is -0.460. The fourth-order valence-electron chi connectivity index (χ4n) is 2.08. The predicted molar refractivity (Wildman–Crippen MR) is 64.9 cm³/mol. The van der Waals surface area contributed by atoms with E-state index in [1.807, 2.05) is 0 Å². The summed E-state index contributed by atoms with van der Waals surface area (Å²) in [5, 5.41) is 9.69. The zero-order chi connectivity index (χ0) is 15.1. The van der Waals surface area contributed by atoms with Gasteiger partial charge >= 0.3 is 0 Å². The first-order valence-electron chi connectivity index (χ1n) is 6.06. The Morgan fingerprint density at radius 2 is 1.80 bits per heavy atom. The van der Waals surface area contributed by atoms with Crippen LogP contribution in [-0.2, 0) is 10.0 Å². The fourth-order valence-corrected chi connectivity index (χ4v) is 3.61. The normalized spacial score (nSPS) is 24.9. The second kappa shape index (κ2) is 5.34. The van der Waals surface area contributed by atoms with E-state index >= 15 is 0 Å². The largest absolute Gasteiger partial charge is 0.391 e. The number of sulfonamides is 1. The van der Waals surface area contributed by atoms with Gasteiger partial charge in [-0.05, 0) is 18.4 Å². The Morgan fingerprint density at radius 3 is 2.40 bits per heavy atom. The number of hydrogen-bond acceptors (Lipinski definition) is 3. The molecule has 1 aromatic rings. The first kappa shape index (κ1) is 15.3. The highest BCUT2D eigenvalue weighted by Gasteiger charge is 2.34. The Morgan fingerprint density at radius 1 is 1.20 bits per heavy atom. The van der Waals surface area contributed by atoms with Gasteiger partial charge in [0.2, 0.25) is 10.0 Å². The molecule has 1 N–H and O–H groups in total. The van der Waals surface area contributed by atoms with Crippen molar-refractivity contribution in [3.8, 4) is 0 Å². The average molecular weight is 309 g/mol. The standard InChI is InChI=1S/C12H14F3NO3S/c1-7-2-3-16(6-11(7)17)20(18,19)12-5-9(14)8(13)4-10(12)15/h4-5,7,11,17H,2-3,6H2,1H3. The van der Waals surface area contributed by atoms with Crippen molar-refractivity contribution < 1.29 is 26.7 Å². The van der Waals surface area contributed by atoms with Crippen LogP contribution < -0.4 is 0 Å². The Labute approximate surface area is 114 Å².